The van der Waals surface area contributed by atoms with Crippen molar-refractivity contribution in [2.45, 2.75) is 45.4 Å². The monoisotopic (exact) mass is 352 g/mol. The van der Waals surface area contributed by atoms with Gasteiger partial charge in [0.2, 0.25) is 5.91 Å². The summed E-state index contributed by atoms with van der Waals surface area (Å²) in [5, 5.41) is 4.15. The second-order valence-corrected chi connectivity index (χ2v) is 8.00. The summed E-state index contributed by atoms with van der Waals surface area (Å²) in [4.78, 5) is 12.3. The van der Waals surface area contributed by atoms with E-state index in [9.17, 15) is 9.18 Å². The van der Waals surface area contributed by atoms with E-state index in [-0.39, 0.29) is 29.0 Å². The van der Waals surface area contributed by atoms with Crippen molar-refractivity contribution in [2.24, 2.45) is 11.0 Å². The highest BCUT2D eigenvalue weighted by atomic mass is 19.1. The SMILES string of the molecule is C/C(=N\NC(=O)[C@@H]1C[C@@H]1c1ccc(C(C)(C)C)cc1)c1ccc(F)cc1. The first-order valence-corrected chi connectivity index (χ1v) is 8.96. The lowest BCUT2D eigenvalue weighted by molar-refractivity contribution is -0.122. The number of halogens is 1. The Bertz CT molecular complexity index is 817. The van der Waals surface area contributed by atoms with E-state index in [1.165, 1.54) is 23.3 Å². The van der Waals surface area contributed by atoms with Crippen LogP contribution >= 0.6 is 0 Å². The molecule has 0 saturated heterocycles. The van der Waals surface area contributed by atoms with Crippen molar-refractivity contribution in [3.63, 3.8) is 0 Å². The van der Waals surface area contributed by atoms with Crippen LogP contribution in [0.15, 0.2) is 53.6 Å². The zero-order valence-electron chi connectivity index (χ0n) is 15.7. The number of amides is 1. The van der Waals surface area contributed by atoms with E-state index in [1.54, 1.807) is 19.1 Å². The average Bonchev–Trinajstić information content (AvgIpc) is 3.40. The number of hydrogen-bond donors (Lipinski definition) is 1. The van der Waals surface area contributed by atoms with Crippen LogP contribution in [-0.4, -0.2) is 11.6 Å². The molecule has 1 fully saturated rings. The Labute approximate surface area is 154 Å². The highest BCUT2D eigenvalue weighted by Gasteiger charge is 2.44. The summed E-state index contributed by atoms with van der Waals surface area (Å²) in [5.41, 5.74) is 6.72. The molecular weight excluding hydrogens is 327 g/mol. The Morgan fingerprint density at radius 3 is 2.27 bits per heavy atom. The van der Waals surface area contributed by atoms with Crippen LogP contribution in [-0.2, 0) is 10.2 Å². The molecule has 3 rings (SSSR count). The normalized spacial score (nSPS) is 20.0. The van der Waals surface area contributed by atoms with E-state index in [0.717, 1.165) is 12.0 Å². The molecule has 1 amide bonds. The Morgan fingerprint density at radius 1 is 1.08 bits per heavy atom. The molecule has 136 valence electrons. The molecule has 0 bridgehead atoms. The number of hydrazone groups is 1. The Balaban J connectivity index is 1.59. The van der Waals surface area contributed by atoms with E-state index >= 15 is 0 Å². The molecule has 1 saturated carbocycles. The van der Waals surface area contributed by atoms with Crippen LogP contribution in [0.3, 0.4) is 0 Å². The minimum atomic E-state index is -0.288. The Morgan fingerprint density at radius 2 is 1.69 bits per heavy atom. The smallest absolute Gasteiger partial charge is 0.243 e. The summed E-state index contributed by atoms with van der Waals surface area (Å²) in [7, 11) is 0. The molecule has 0 heterocycles. The zero-order chi connectivity index (χ0) is 18.9. The maximum absolute atomic E-state index is 13.0. The standard InChI is InChI=1S/C22H25FN2O/c1-14(15-7-11-18(23)12-8-15)24-25-21(26)20-13-19(20)16-5-9-17(10-6-16)22(2,3)4/h5-12,19-20H,13H2,1-4H3,(H,25,26)/b24-14+/t19-,20-/m1/s1. The molecule has 0 spiro atoms. The van der Waals surface area contributed by atoms with Crippen molar-refractivity contribution < 1.29 is 9.18 Å². The minimum Gasteiger partial charge on any atom is -0.273 e. The summed E-state index contributed by atoms with van der Waals surface area (Å²) < 4.78 is 13.0. The third-order valence-electron chi connectivity index (χ3n) is 4.93. The van der Waals surface area contributed by atoms with Crippen LogP contribution in [0.2, 0.25) is 0 Å². The number of hydrogen-bond acceptors (Lipinski definition) is 2. The third kappa shape index (κ3) is 4.18. The topological polar surface area (TPSA) is 41.5 Å². The molecule has 1 N–H and O–H groups in total. The van der Waals surface area contributed by atoms with Gasteiger partial charge in [-0.1, -0.05) is 57.2 Å². The van der Waals surface area contributed by atoms with Crippen LogP contribution in [0.4, 0.5) is 4.39 Å². The van der Waals surface area contributed by atoms with Gasteiger partial charge in [-0.2, -0.15) is 5.10 Å². The molecule has 0 unspecified atom stereocenters. The van der Waals surface area contributed by atoms with Crippen molar-refractivity contribution in [3.05, 3.63) is 71.0 Å². The molecule has 3 nitrogen and oxygen atoms in total. The molecule has 1 aliphatic rings. The maximum atomic E-state index is 13.0. The summed E-state index contributed by atoms with van der Waals surface area (Å²) in [6, 6.07) is 14.6. The second-order valence-electron chi connectivity index (χ2n) is 8.00. The highest BCUT2D eigenvalue weighted by Crippen LogP contribution is 2.47. The van der Waals surface area contributed by atoms with Gasteiger partial charge in [-0.3, -0.25) is 4.79 Å². The first-order chi connectivity index (χ1) is 12.3. The van der Waals surface area contributed by atoms with Crippen molar-refractivity contribution in [3.8, 4) is 0 Å². The van der Waals surface area contributed by atoms with Crippen LogP contribution in [0, 0.1) is 11.7 Å². The van der Waals surface area contributed by atoms with Gasteiger partial charge in [-0.05, 0) is 53.5 Å². The molecule has 1 aliphatic carbocycles. The van der Waals surface area contributed by atoms with Gasteiger partial charge in [-0.15, -0.1) is 0 Å². The number of rotatable bonds is 4. The fourth-order valence-corrected chi connectivity index (χ4v) is 3.06. The van der Waals surface area contributed by atoms with E-state index in [2.05, 4.69) is 55.6 Å². The first-order valence-electron chi connectivity index (χ1n) is 8.96. The summed E-state index contributed by atoms with van der Waals surface area (Å²) in [6.45, 7) is 8.37. The zero-order valence-corrected chi connectivity index (χ0v) is 15.7. The number of carbonyl (C=O) groups is 1. The van der Waals surface area contributed by atoms with Crippen LogP contribution in [0.25, 0.3) is 0 Å². The number of nitrogens with one attached hydrogen (secondary N) is 1. The second kappa shape index (κ2) is 7.02. The van der Waals surface area contributed by atoms with Gasteiger partial charge < -0.3 is 0 Å². The average molecular weight is 352 g/mol. The lowest BCUT2D eigenvalue weighted by atomic mass is 9.86. The fourth-order valence-electron chi connectivity index (χ4n) is 3.06. The minimum absolute atomic E-state index is 0.0275. The molecule has 2 atom stereocenters. The van der Waals surface area contributed by atoms with E-state index in [4.69, 9.17) is 0 Å². The lowest BCUT2D eigenvalue weighted by Gasteiger charge is -2.19. The van der Waals surface area contributed by atoms with Gasteiger partial charge in [0, 0.05) is 5.92 Å². The van der Waals surface area contributed by atoms with Crippen molar-refractivity contribution >= 4 is 11.6 Å². The van der Waals surface area contributed by atoms with Crippen LogP contribution in [0.5, 0.6) is 0 Å². The van der Waals surface area contributed by atoms with Gasteiger partial charge in [0.15, 0.2) is 0 Å². The van der Waals surface area contributed by atoms with Gasteiger partial charge in [-0.25, -0.2) is 9.82 Å². The van der Waals surface area contributed by atoms with Gasteiger partial charge in [0.25, 0.3) is 0 Å². The molecule has 26 heavy (non-hydrogen) atoms. The van der Waals surface area contributed by atoms with Crippen molar-refractivity contribution in [2.75, 3.05) is 0 Å². The van der Waals surface area contributed by atoms with E-state index < -0.39 is 0 Å². The van der Waals surface area contributed by atoms with Crippen LogP contribution in [0.1, 0.15) is 56.7 Å². The Kier molecular flexibility index (Phi) is 4.94. The molecule has 2 aromatic rings. The molecule has 2 aromatic carbocycles. The quantitative estimate of drug-likeness (QED) is 0.625. The van der Waals surface area contributed by atoms with Crippen molar-refractivity contribution in [1.29, 1.82) is 0 Å². The summed E-state index contributed by atoms with van der Waals surface area (Å²) >= 11 is 0. The number of nitrogens with zero attached hydrogens (tertiary/aromatic N) is 1. The Hall–Kier alpha value is -2.49. The molecule has 0 aliphatic heterocycles. The largest absolute Gasteiger partial charge is 0.273 e. The van der Waals surface area contributed by atoms with Crippen LogP contribution < -0.4 is 5.43 Å². The summed E-state index contributed by atoms with van der Waals surface area (Å²) in [6.07, 6.45) is 0.853. The van der Waals surface area contributed by atoms with E-state index in [1.807, 2.05) is 0 Å². The molecule has 0 aromatic heterocycles. The molecular formula is C22H25FN2O. The predicted molar refractivity (Wildman–Crippen MR) is 103 cm³/mol. The highest BCUT2D eigenvalue weighted by molar-refractivity contribution is 5.99. The van der Waals surface area contributed by atoms with Crippen molar-refractivity contribution in [1.82, 2.24) is 5.43 Å². The number of benzene rings is 2. The predicted octanol–water partition coefficient (Wildman–Crippen LogP) is 4.77. The summed E-state index contributed by atoms with van der Waals surface area (Å²) in [5.74, 6) is -0.106. The third-order valence-corrected chi connectivity index (χ3v) is 4.93. The van der Waals surface area contributed by atoms with Gasteiger partial charge in [0.05, 0.1) is 5.71 Å². The van der Waals surface area contributed by atoms with Gasteiger partial charge >= 0.3 is 0 Å². The first kappa shape index (κ1) is 18.3. The molecule has 0 radical (unpaired) electrons. The fraction of sp³-hybridized carbons (Fsp3) is 0.364. The number of carbonyl (C=O) groups excluding carboxylic acids is 1. The maximum Gasteiger partial charge on any atom is 0.243 e. The lowest BCUT2D eigenvalue weighted by Crippen LogP contribution is -2.21. The van der Waals surface area contributed by atoms with Gasteiger partial charge in [0.1, 0.15) is 5.82 Å². The molecule has 4 heteroatoms. The van der Waals surface area contributed by atoms with E-state index in [0.29, 0.717) is 5.71 Å².